The van der Waals surface area contributed by atoms with Gasteiger partial charge in [0.2, 0.25) is 5.91 Å². The van der Waals surface area contributed by atoms with Crippen LogP contribution in [-0.4, -0.2) is 22.6 Å². The fourth-order valence-corrected chi connectivity index (χ4v) is 3.20. The Hall–Kier alpha value is -3.58. The predicted octanol–water partition coefficient (Wildman–Crippen LogP) is 3.29. The molecule has 0 aliphatic heterocycles. The third-order valence-corrected chi connectivity index (χ3v) is 4.45. The van der Waals surface area contributed by atoms with E-state index in [1.54, 1.807) is 35.0 Å². The molecule has 2 aromatic carbocycles. The summed E-state index contributed by atoms with van der Waals surface area (Å²) in [6.45, 7) is 0.0578. The summed E-state index contributed by atoms with van der Waals surface area (Å²) in [7, 11) is 0. The minimum Gasteiger partial charge on any atom is -0.451 e. The Balaban J connectivity index is 1.55. The van der Waals surface area contributed by atoms with Crippen LogP contribution in [0.4, 0.5) is 0 Å². The lowest BCUT2D eigenvalue weighted by atomic mass is 10.2. The van der Waals surface area contributed by atoms with Crippen molar-refractivity contribution < 1.29 is 14.0 Å². The van der Waals surface area contributed by atoms with E-state index in [1.807, 2.05) is 24.3 Å². The number of nitrogens with two attached hydrogens (primary N) is 1. The van der Waals surface area contributed by atoms with E-state index >= 15 is 0 Å². The number of hydrazone groups is 1. The van der Waals surface area contributed by atoms with Gasteiger partial charge in [0.05, 0.1) is 6.21 Å². The number of carbonyl (C=O) groups is 2. The van der Waals surface area contributed by atoms with Crippen molar-refractivity contribution in [2.75, 3.05) is 0 Å². The molecule has 8 heteroatoms. The zero-order valence-electron chi connectivity index (χ0n) is 14.6. The minimum absolute atomic E-state index is 0.0578. The van der Waals surface area contributed by atoms with Gasteiger partial charge in [0.15, 0.2) is 5.76 Å². The number of benzene rings is 2. The van der Waals surface area contributed by atoms with Gasteiger partial charge in [-0.05, 0) is 30.3 Å². The van der Waals surface area contributed by atoms with Gasteiger partial charge in [0.1, 0.15) is 12.1 Å². The summed E-state index contributed by atoms with van der Waals surface area (Å²) in [5.74, 6) is -0.794. The first kappa shape index (κ1) is 17.8. The van der Waals surface area contributed by atoms with E-state index in [1.165, 1.54) is 6.21 Å². The standard InChI is InChI=1S/C20H15ClN4O3/c21-14-5-6-17-12(7-14)8-18(28-17)20(27)24-23-9-13-10-25(11-19(22)26)16-4-2-1-3-15(13)16/h1-10H,11H2,(H2,22,26)(H,24,27)/b23-9-. The molecule has 0 aliphatic carbocycles. The van der Waals surface area contributed by atoms with Gasteiger partial charge in [0, 0.05) is 33.1 Å². The fourth-order valence-electron chi connectivity index (χ4n) is 3.02. The Morgan fingerprint density at radius 2 is 2.04 bits per heavy atom. The van der Waals surface area contributed by atoms with Gasteiger partial charge < -0.3 is 14.7 Å². The SMILES string of the molecule is NC(=O)Cn1cc(/C=N\NC(=O)c2cc3cc(Cl)ccc3o2)c2ccccc21. The summed E-state index contributed by atoms with van der Waals surface area (Å²) in [6, 6.07) is 14.2. The van der Waals surface area contributed by atoms with Gasteiger partial charge in [-0.1, -0.05) is 29.8 Å². The van der Waals surface area contributed by atoms with Crippen molar-refractivity contribution in [1.82, 2.24) is 9.99 Å². The predicted molar refractivity (Wildman–Crippen MR) is 107 cm³/mol. The van der Waals surface area contributed by atoms with Gasteiger partial charge in [-0.25, -0.2) is 5.43 Å². The number of nitrogens with zero attached hydrogens (tertiary/aromatic N) is 2. The third kappa shape index (κ3) is 3.47. The summed E-state index contributed by atoms with van der Waals surface area (Å²) >= 11 is 5.94. The largest absolute Gasteiger partial charge is 0.451 e. The first-order chi connectivity index (χ1) is 13.5. The average molecular weight is 395 g/mol. The first-order valence-corrected chi connectivity index (χ1v) is 8.78. The molecule has 0 radical (unpaired) electrons. The molecule has 0 saturated heterocycles. The van der Waals surface area contributed by atoms with Gasteiger partial charge in [-0.3, -0.25) is 9.59 Å². The Kier molecular flexibility index (Phi) is 4.58. The number of hydrogen-bond donors (Lipinski definition) is 2. The molecule has 2 heterocycles. The summed E-state index contributed by atoms with van der Waals surface area (Å²) in [4.78, 5) is 23.6. The van der Waals surface area contributed by atoms with E-state index in [2.05, 4.69) is 10.5 Å². The lowest BCUT2D eigenvalue weighted by Crippen LogP contribution is -2.18. The highest BCUT2D eigenvalue weighted by molar-refractivity contribution is 6.31. The van der Waals surface area contributed by atoms with E-state index in [0.29, 0.717) is 10.6 Å². The number of para-hydroxylation sites is 1. The van der Waals surface area contributed by atoms with Gasteiger partial charge >= 0.3 is 5.91 Å². The van der Waals surface area contributed by atoms with Crippen LogP contribution < -0.4 is 11.2 Å². The Morgan fingerprint density at radius 3 is 2.86 bits per heavy atom. The lowest BCUT2D eigenvalue weighted by molar-refractivity contribution is -0.118. The van der Waals surface area contributed by atoms with Crippen molar-refractivity contribution in [2.24, 2.45) is 10.8 Å². The molecule has 0 bridgehead atoms. The normalized spacial score (nSPS) is 11.5. The highest BCUT2D eigenvalue weighted by Crippen LogP contribution is 2.23. The molecule has 0 atom stereocenters. The molecular formula is C20H15ClN4O3. The molecule has 2 amide bonds. The number of nitrogens with one attached hydrogen (secondary N) is 1. The van der Waals surface area contributed by atoms with Crippen molar-refractivity contribution in [2.45, 2.75) is 6.54 Å². The molecule has 0 saturated carbocycles. The van der Waals surface area contributed by atoms with Crippen molar-refractivity contribution in [3.63, 3.8) is 0 Å². The number of hydrogen-bond acceptors (Lipinski definition) is 4. The molecule has 0 fully saturated rings. The average Bonchev–Trinajstić information content (AvgIpc) is 3.23. The molecule has 0 aliphatic rings. The minimum atomic E-state index is -0.482. The molecule has 3 N–H and O–H groups in total. The smallest absolute Gasteiger partial charge is 0.307 e. The second kappa shape index (κ2) is 7.21. The number of furan rings is 1. The fraction of sp³-hybridized carbons (Fsp3) is 0.0500. The number of carbonyl (C=O) groups excluding carboxylic acids is 2. The van der Waals surface area contributed by atoms with Crippen LogP contribution in [0.25, 0.3) is 21.9 Å². The number of rotatable bonds is 5. The van der Waals surface area contributed by atoms with Gasteiger partial charge in [-0.15, -0.1) is 0 Å². The van der Waals surface area contributed by atoms with Crippen LogP contribution in [0, 0.1) is 0 Å². The third-order valence-electron chi connectivity index (χ3n) is 4.22. The van der Waals surface area contributed by atoms with Crippen molar-refractivity contribution in [1.29, 1.82) is 0 Å². The van der Waals surface area contributed by atoms with Crippen LogP contribution in [0.15, 0.2) is 64.2 Å². The molecule has 0 spiro atoms. The number of amides is 2. The zero-order valence-corrected chi connectivity index (χ0v) is 15.3. The molecule has 28 heavy (non-hydrogen) atoms. The second-order valence-corrected chi connectivity index (χ2v) is 6.62. The van der Waals surface area contributed by atoms with Crippen molar-refractivity contribution >= 4 is 51.5 Å². The summed E-state index contributed by atoms with van der Waals surface area (Å²) in [5.41, 5.74) is 9.90. The van der Waals surface area contributed by atoms with E-state index in [4.69, 9.17) is 21.8 Å². The maximum atomic E-state index is 12.3. The second-order valence-electron chi connectivity index (χ2n) is 6.19. The molecule has 0 unspecified atom stereocenters. The number of halogens is 1. The molecular weight excluding hydrogens is 380 g/mol. The monoisotopic (exact) mass is 394 g/mol. The Bertz CT molecular complexity index is 1240. The van der Waals surface area contributed by atoms with Crippen molar-refractivity contribution in [3.8, 4) is 0 Å². The summed E-state index contributed by atoms with van der Waals surface area (Å²) in [6.07, 6.45) is 3.27. The van der Waals surface area contributed by atoms with Crippen LogP contribution in [0.1, 0.15) is 16.1 Å². The summed E-state index contributed by atoms with van der Waals surface area (Å²) < 4.78 is 7.25. The van der Waals surface area contributed by atoms with Gasteiger partial charge in [0.25, 0.3) is 0 Å². The van der Waals surface area contributed by atoms with E-state index in [9.17, 15) is 9.59 Å². The van der Waals surface area contributed by atoms with Crippen LogP contribution in [-0.2, 0) is 11.3 Å². The zero-order chi connectivity index (χ0) is 19.7. The molecule has 4 aromatic rings. The van der Waals surface area contributed by atoms with Crippen molar-refractivity contribution in [3.05, 3.63) is 71.1 Å². The van der Waals surface area contributed by atoms with Crippen LogP contribution >= 0.6 is 11.6 Å². The van der Waals surface area contributed by atoms with E-state index < -0.39 is 11.8 Å². The van der Waals surface area contributed by atoms with E-state index in [0.717, 1.165) is 21.9 Å². The van der Waals surface area contributed by atoms with Crippen LogP contribution in [0.2, 0.25) is 5.02 Å². The highest BCUT2D eigenvalue weighted by atomic mass is 35.5. The van der Waals surface area contributed by atoms with E-state index in [-0.39, 0.29) is 12.3 Å². The maximum Gasteiger partial charge on any atom is 0.307 e. The Morgan fingerprint density at radius 1 is 1.21 bits per heavy atom. The maximum absolute atomic E-state index is 12.3. The number of aromatic nitrogens is 1. The Labute approximate surface area is 164 Å². The molecule has 140 valence electrons. The molecule has 7 nitrogen and oxygen atoms in total. The summed E-state index contributed by atoms with van der Waals surface area (Å²) in [5, 5.41) is 6.19. The first-order valence-electron chi connectivity index (χ1n) is 8.40. The quantitative estimate of drug-likeness (QED) is 0.401. The topological polar surface area (TPSA) is 103 Å². The number of fused-ring (bicyclic) bond motifs is 2. The van der Waals surface area contributed by atoms with Crippen LogP contribution in [0.3, 0.4) is 0 Å². The molecule has 4 rings (SSSR count). The highest BCUT2D eigenvalue weighted by Gasteiger charge is 2.12. The van der Waals surface area contributed by atoms with Gasteiger partial charge in [-0.2, -0.15) is 5.10 Å². The lowest BCUT2D eigenvalue weighted by Gasteiger charge is -2.00. The number of primary amides is 1. The van der Waals surface area contributed by atoms with Crippen LogP contribution in [0.5, 0.6) is 0 Å². The molecule has 2 aromatic heterocycles.